The predicted molar refractivity (Wildman–Crippen MR) is 111 cm³/mol. The zero-order chi connectivity index (χ0) is 21.0. The molecule has 3 aromatic rings. The number of benzene rings is 1. The van der Waals surface area contributed by atoms with Crippen LogP contribution in [0.2, 0.25) is 0 Å². The van der Waals surface area contributed by atoms with E-state index in [1.807, 2.05) is 0 Å². The highest BCUT2D eigenvalue weighted by molar-refractivity contribution is 6.01. The lowest BCUT2D eigenvalue weighted by Crippen LogP contribution is -2.27. The average Bonchev–Trinajstić information content (AvgIpc) is 3.15. The Balaban J connectivity index is 1.64. The van der Waals surface area contributed by atoms with Crippen molar-refractivity contribution in [1.29, 1.82) is 0 Å². The van der Waals surface area contributed by atoms with Crippen LogP contribution in [0, 0.1) is 13.8 Å². The average molecular weight is 398 g/mol. The number of likely N-dealkylation sites (N-methyl/N-ethyl adjacent to an activating group) is 1. The van der Waals surface area contributed by atoms with E-state index < -0.39 is 5.91 Å². The van der Waals surface area contributed by atoms with Gasteiger partial charge in [-0.3, -0.25) is 14.7 Å². The zero-order valence-electron chi connectivity index (χ0n) is 17.2. The molecule has 0 radical (unpaired) electrons. The van der Waals surface area contributed by atoms with Gasteiger partial charge in [-0.25, -0.2) is 4.98 Å². The van der Waals surface area contributed by atoms with E-state index in [1.165, 1.54) is 4.52 Å². The maximum atomic E-state index is 12.5. The first kappa shape index (κ1) is 20.5. The van der Waals surface area contributed by atoms with Crippen molar-refractivity contribution in [3.05, 3.63) is 51.7 Å². The van der Waals surface area contributed by atoms with Gasteiger partial charge in [0.2, 0.25) is 5.82 Å². The summed E-state index contributed by atoms with van der Waals surface area (Å²) in [5, 5.41) is 5.45. The van der Waals surface area contributed by atoms with Crippen molar-refractivity contribution >= 4 is 17.4 Å². The molecule has 2 heterocycles. The fourth-order valence-electron chi connectivity index (χ4n) is 2.86. The van der Waals surface area contributed by atoms with Crippen molar-refractivity contribution in [1.82, 2.24) is 24.5 Å². The lowest BCUT2D eigenvalue weighted by molar-refractivity contribution is 0.101. The molecule has 0 bridgehead atoms. The van der Waals surface area contributed by atoms with Crippen LogP contribution in [-0.2, 0) is 0 Å². The number of fused-ring (bicyclic) bond motifs is 1. The summed E-state index contributed by atoms with van der Waals surface area (Å²) in [7, 11) is 0. The second kappa shape index (κ2) is 8.87. The molecule has 0 spiro atoms. The molecule has 0 saturated carbocycles. The summed E-state index contributed by atoms with van der Waals surface area (Å²) >= 11 is 0. The molecule has 3 rings (SSSR count). The Hall–Kier alpha value is -3.20. The van der Waals surface area contributed by atoms with E-state index in [2.05, 4.69) is 39.1 Å². The first-order valence-corrected chi connectivity index (χ1v) is 9.65. The van der Waals surface area contributed by atoms with Crippen molar-refractivity contribution in [3.63, 3.8) is 0 Å². The number of ether oxygens (including phenoxy) is 1. The Bertz CT molecular complexity index is 1050. The molecule has 0 aliphatic carbocycles. The molecule has 9 heteroatoms. The number of anilines is 1. The molecule has 29 heavy (non-hydrogen) atoms. The molecule has 2 aromatic heterocycles. The quantitative estimate of drug-likeness (QED) is 0.601. The third kappa shape index (κ3) is 4.62. The molecule has 0 atom stereocenters. The van der Waals surface area contributed by atoms with Crippen LogP contribution in [0.4, 0.5) is 5.69 Å². The molecule has 0 saturated heterocycles. The second-order valence-electron chi connectivity index (χ2n) is 6.69. The van der Waals surface area contributed by atoms with Crippen LogP contribution in [0.1, 0.15) is 35.7 Å². The highest BCUT2D eigenvalue weighted by Gasteiger charge is 2.15. The number of carbonyl (C=O) groups is 1. The smallest absolute Gasteiger partial charge is 0.293 e. The van der Waals surface area contributed by atoms with E-state index >= 15 is 0 Å². The number of aryl methyl sites for hydroxylation is 1. The topological polar surface area (TPSA) is 105 Å². The maximum Gasteiger partial charge on any atom is 0.293 e. The SMILES string of the molecule is CCN(CC)CCOc1ccc(NC(=O)c2nc3nc(C)c(C)c(=O)n3[nH]2)cc1. The largest absolute Gasteiger partial charge is 0.492 e. The van der Waals surface area contributed by atoms with Gasteiger partial charge in [0.05, 0.1) is 0 Å². The molecular formula is C20H26N6O3. The normalized spacial score (nSPS) is 11.2. The summed E-state index contributed by atoms with van der Waals surface area (Å²) in [6, 6.07) is 7.11. The van der Waals surface area contributed by atoms with Crippen LogP contribution in [0.5, 0.6) is 5.75 Å². The molecular weight excluding hydrogens is 372 g/mol. The van der Waals surface area contributed by atoms with Crippen LogP contribution in [0.25, 0.3) is 5.78 Å². The number of rotatable bonds is 8. The van der Waals surface area contributed by atoms with Crippen LogP contribution in [0.3, 0.4) is 0 Å². The van der Waals surface area contributed by atoms with E-state index in [4.69, 9.17) is 4.74 Å². The number of nitrogens with one attached hydrogen (secondary N) is 2. The second-order valence-corrected chi connectivity index (χ2v) is 6.69. The van der Waals surface area contributed by atoms with Crippen LogP contribution >= 0.6 is 0 Å². The Morgan fingerprint density at radius 2 is 1.86 bits per heavy atom. The van der Waals surface area contributed by atoms with E-state index in [0.29, 0.717) is 23.6 Å². The minimum atomic E-state index is -0.458. The molecule has 0 aliphatic heterocycles. The molecule has 1 amide bonds. The Morgan fingerprint density at radius 1 is 1.17 bits per heavy atom. The van der Waals surface area contributed by atoms with Crippen molar-refractivity contribution in [2.24, 2.45) is 0 Å². The van der Waals surface area contributed by atoms with E-state index in [-0.39, 0.29) is 17.2 Å². The Morgan fingerprint density at radius 3 is 2.52 bits per heavy atom. The predicted octanol–water partition coefficient (Wildman–Crippen LogP) is 2.01. The number of hydrogen-bond donors (Lipinski definition) is 2. The van der Waals surface area contributed by atoms with Gasteiger partial charge in [0.25, 0.3) is 17.2 Å². The fraction of sp³-hybridized carbons (Fsp3) is 0.400. The summed E-state index contributed by atoms with van der Waals surface area (Å²) in [6.07, 6.45) is 0. The van der Waals surface area contributed by atoms with Gasteiger partial charge in [0.1, 0.15) is 12.4 Å². The standard InChI is InChI=1S/C20H26N6O3/c1-5-25(6-2)11-12-29-16-9-7-15(8-10-16)22-18(27)17-23-20-21-14(4)13(3)19(28)26(20)24-17/h7-10H,5-6,11-12H2,1-4H3,(H,22,27)(H,21,23,24). The molecule has 154 valence electrons. The minimum Gasteiger partial charge on any atom is -0.492 e. The van der Waals surface area contributed by atoms with Crippen molar-refractivity contribution < 1.29 is 9.53 Å². The molecule has 0 fully saturated rings. The van der Waals surface area contributed by atoms with Gasteiger partial charge in [0.15, 0.2) is 0 Å². The molecule has 9 nitrogen and oxygen atoms in total. The number of aromatic amines is 1. The number of amides is 1. The van der Waals surface area contributed by atoms with Crippen molar-refractivity contribution in [2.45, 2.75) is 27.7 Å². The lowest BCUT2D eigenvalue weighted by atomic mass is 10.3. The van der Waals surface area contributed by atoms with Gasteiger partial charge in [-0.2, -0.15) is 9.50 Å². The van der Waals surface area contributed by atoms with Crippen molar-refractivity contribution in [3.8, 4) is 5.75 Å². The Labute approximate surface area is 168 Å². The van der Waals surface area contributed by atoms with Crippen LogP contribution in [-0.4, -0.2) is 56.6 Å². The number of aromatic nitrogens is 4. The lowest BCUT2D eigenvalue weighted by Gasteiger charge is -2.18. The summed E-state index contributed by atoms with van der Waals surface area (Å²) in [6.45, 7) is 11.1. The monoisotopic (exact) mass is 398 g/mol. The molecule has 2 N–H and O–H groups in total. The van der Waals surface area contributed by atoms with E-state index in [0.717, 1.165) is 25.4 Å². The fourth-order valence-corrected chi connectivity index (χ4v) is 2.86. The zero-order valence-corrected chi connectivity index (χ0v) is 17.2. The van der Waals surface area contributed by atoms with Crippen LogP contribution in [0.15, 0.2) is 29.1 Å². The van der Waals surface area contributed by atoms with Gasteiger partial charge < -0.3 is 15.0 Å². The van der Waals surface area contributed by atoms with Crippen molar-refractivity contribution in [2.75, 3.05) is 31.6 Å². The van der Waals surface area contributed by atoms with Gasteiger partial charge in [-0.15, -0.1) is 0 Å². The highest BCUT2D eigenvalue weighted by Crippen LogP contribution is 2.16. The highest BCUT2D eigenvalue weighted by atomic mass is 16.5. The summed E-state index contributed by atoms with van der Waals surface area (Å²) in [4.78, 5) is 35.4. The number of nitrogens with zero attached hydrogens (tertiary/aromatic N) is 4. The third-order valence-electron chi connectivity index (χ3n) is 4.86. The first-order chi connectivity index (χ1) is 13.9. The Kier molecular flexibility index (Phi) is 6.28. The first-order valence-electron chi connectivity index (χ1n) is 9.65. The van der Waals surface area contributed by atoms with E-state index in [1.54, 1.807) is 38.1 Å². The maximum absolute atomic E-state index is 12.5. The minimum absolute atomic E-state index is 0.0131. The molecule has 0 unspecified atom stereocenters. The third-order valence-corrected chi connectivity index (χ3v) is 4.86. The summed E-state index contributed by atoms with van der Waals surface area (Å²) in [5.74, 6) is 0.459. The summed E-state index contributed by atoms with van der Waals surface area (Å²) in [5.41, 5.74) is 1.42. The van der Waals surface area contributed by atoms with Gasteiger partial charge >= 0.3 is 0 Å². The number of carbonyl (C=O) groups excluding carboxylic acids is 1. The van der Waals surface area contributed by atoms with Gasteiger partial charge in [0, 0.05) is 23.5 Å². The van der Waals surface area contributed by atoms with Gasteiger partial charge in [-0.05, 0) is 51.2 Å². The van der Waals surface area contributed by atoms with E-state index in [9.17, 15) is 9.59 Å². The molecule has 1 aromatic carbocycles. The number of hydrogen-bond acceptors (Lipinski definition) is 6. The van der Waals surface area contributed by atoms with Crippen LogP contribution < -0.4 is 15.6 Å². The molecule has 0 aliphatic rings. The number of H-pyrrole nitrogens is 1. The van der Waals surface area contributed by atoms with Gasteiger partial charge in [-0.1, -0.05) is 13.8 Å². The summed E-state index contributed by atoms with van der Waals surface area (Å²) < 4.78 is 6.91.